The lowest BCUT2D eigenvalue weighted by molar-refractivity contribution is 0.124. The molecular weight excluding hydrogens is 232 g/mol. The van der Waals surface area contributed by atoms with Crippen LogP contribution >= 0.6 is 0 Å². The van der Waals surface area contributed by atoms with E-state index in [1.807, 2.05) is 0 Å². The normalized spacial score (nSPS) is 12.6. The maximum Gasteiger partial charge on any atom is 0.0471 e. The van der Waals surface area contributed by atoms with Crippen LogP contribution in [0, 0.1) is 6.92 Å². The molecule has 0 aliphatic rings. The van der Waals surface area contributed by atoms with E-state index in [4.69, 9.17) is 4.74 Å². The van der Waals surface area contributed by atoms with E-state index in [1.165, 1.54) is 43.2 Å². The summed E-state index contributed by atoms with van der Waals surface area (Å²) in [4.78, 5) is 0. The Morgan fingerprint density at radius 1 is 0.947 bits per heavy atom. The van der Waals surface area contributed by atoms with E-state index in [9.17, 15) is 0 Å². The summed E-state index contributed by atoms with van der Waals surface area (Å²) in [6.07, 6.45) is 7.71. The van der Waals surface area contributed by atoms with E-state index in [2.05, 4.69) is 45.0 Å². The summed E-state index contributed by atoms with van der Waals surface area (Å²) in [5, 5.41) is 0. The zero-order chi connectivity index (χ0) is 13.9. The van der Waals surface area contributed by atoms with Gasteiger partial charge in [-0.1, -0.05) is 69.4 Å². The highest BCUT2D eigenvalue weighted by Gasteiger charge is 2.04. The number of unbranched alkanes of at least 4 members (excludes halogenated alkanes) is 4. The first-order chi connectivity index (χ1) is 9.24. The summed E-state index contributed by atoms with van der Waals surface area (Å²) in [5.74, 6) is 0.598. The van der Waals surface area contributed by atoms with Crippen LogP contribution < -0.4 is 0 Å². The van der Waals surface area contributed by atoms with Crippen LogP contribution in [-0.2, 0) is 4.74 Å². The average molecular weight is 262 g/mol. The number of hydrogen-bond donors (Lipinski definition) is 0. The highest BCUT2D eigenvalue weighted by atomic mass is 16.5. The first-order valence-corrected chi connectivity index (χ1v) is 7.88. The van der Waals surface area contributed by atoms with Crippen molar-refractivity contribution in [3.05, 3.63) is 35.4 Å². The molecule has 1 rings (SSSR count). The molecule has 1 aromatic rings. The van der Waals surface area contributed by atoms with Gasteiger partial charge in [-0.3, -0.25) is 0 Å². The Labute approximate surface area is 119 Å². The predicted molar refractivity (Wildman–Crippen MR) is 83.8 cm³/mol. The van der Waals surface area contributed by atoms with Crippen molar-refractivity contribution in [2.75, 3.05) is 13.2 Å². The summed E-state index contributed by atoms with van der Waals surface area (Å²) in [6.45, 7) is 8.50. The van der Waals surface area contributed by atoms with E-state index in [1.54, 1.807) is 0 Å². The fraction of sp³-hybridized carbons (Fsp3) is 0.667. The van der Waals surface area contributed by atoms with Crippen molar-refractivity contribution >= 4 is 0 Å². The van der Waals surface area contributed by atoms with E-state index < -0.39 is 0 Å². The van der Waals surface area contributed by atoms with Crippen LogP contribution in [0.4, 0.5) is 0 Å². The van der Waals surface area contributed by atoms with E-state index in [-0.39, 0.29) is 0 Å². The molecule has 0 bridgehead atoms. The van der Waals surface area contributed by atoms with Crippen molar-refractivity contribution in [2.45, 2.75) is 65.2 Å². The highest BCUT2D eigenvalue weighted by Crippen LogP contribution is 2.19. The van der Waals surface area contributed by atoms with Gasteiger partial charge in [0.15, 0.2) is 0 Å². The minimum absolute atomic E-state index is 0.598. The van der Waals surface area contributed by atoms with Crippen molar-refractivity contribution in [1.29, 1.82) is 0 Å². The average Bonchev–Trinajstić information content (AvgIpc) is 2.42. The van der Waals surface area contributed by atoms with Gasteiger partial charge in [0.25, 0.3) is 0 Å². The fourth-order valence-electron chi connectivity index (χ4n) is 2.23. The number of ether oxygens (including phenoxy) is 1. The zero-order valence-electron chi connectivity index (χ0n) is 13.0. The zero-order valence-corrected chi connectivity index (χ0v) is 13.0. The van der Waals surface area contributed by atoms with Gasteiger partial charge in [0.2, 0.25) is 0 Å². The third-order valence-electron chi connectivity index (χ3n) is 3.73. The van der Waals surface area contributed by atoms with Crippen molar-refractivity contribution in [3.63, 3.8) is 0 Å². The third-order valence-corrected chi connectivity index (χ3v) is 3.73. The Morgan fingerprint density at radius 2 is 1.63 bits per heavy atom. The molecular formula is C18H30O. The minimum Gasteiger partial charge on any atom is -0.381 e. The fourth-order valence-corrected chi connectivity index (χ4v) is 2.23. The molecule has 0 heterocycles. The number of rotatable bonds is 10. The summed E-state index contributed by atoms with van der Waals surface area (Å²) >= 11 is 0. The lowest BCUT2D eigenvalue weighted by Gasteiger charge is -2.12. The van der Waals surface area contributed by atoms with E-state index in [0.29, 0.717) is 5.92 Å². The third kappa shape index (κ3) is 7.37. The molecule has 0 aliphatic carbocycles. The molecule has 1 aromatic carbocycles. The van der Waals surface area contributed by atoms with Crippen molar-refractivity contribution in [1.82, 2.24) is 0 Å². The van der Waals surface area contributed by atoms with Crippen molar-refractivity contribution in [2.24, 2.45) is 0 Å². The van der Waals surface area contributed by atoms with Crippen LogP contribution in [0.2, 0.25) is 0 Å². The highest BCUT2D eigenvalue weighted by molar-refractivity contribution is 5.23. The second-order valence-electron chi connectivity index (χ2n) is 5.63. The number of aryl methyl sites for hydroxylation is 1. The molecule has 1 heteroatoms. The predicted octanol–water partition coefficient (Wildman–Crippen LogP) is 5.48. The van der Waals surface area contributed by atoms with Crippen LogP contribution in [0.5, 0.6) is 0 Å². The second-order valence-corrected chi connectivity index (χ2v) is 5.63. The largest absolute Gasteiger partial charge is 0.381 e. The van der Waals surface area contributed by atoms with Gasteiger partial charge in [0.05, 0.1) is 0 Å². The van der Waals surface area contributed by atoms with Crippen LogP contribution in [0.25, 0.3) is 0 Å². The van der Waals surface area contributed by atoms with Gasteiger partial charge in [-0.25, -0.2) is 0 Å². The van der Waals surface area contributed by atoms with Gasteiger partial charge in [0.1, 0.15) is 0 Å². The Balaban J connectivity index is 2.04. The van der Waals surface area contributed by atoms with Crippen LogP contribution in [-0.4, -0.2) is 13.2 Å². The van der Waals surface area contributed by atoms with Crippen molar-refractivity contribution in [3.8, 4) is 0 Å². The van der Waals surface area contributed by atoms with Gasteiger partial charge in [-0.15, -0.1) is 0 Å². The molecule has 19 heavy (non-hydrogen) atoms. The van der Waals surface area contributed by atoms with Crippen LogP contribution in [0.15, 0.2) is 24.3 Å². The first kappa shape index (κ1) is 16.2. The maximum absolute atomic E-state index is 5.73. The smallest absolute Gasteiger partial charge is 0.0471 e. The van der Waals surface area contributed by atoms with Crippen LogP contribution in [0.3, 0.4) is 0 Å². The standard InChI is InChI=1S/C18H30O/c1-4-5-6-7-8-14-19-15-13-17(3)18-11-9-16(2)10-12-18/h9-12,17H,4-8,13-15H2,1-3H3. The molecule has 0 saturated carbocycles. The molecule has 1 nitrogen and oxygen atoms in total. The molecule has 0 amide bonds. The monoisotopic (exact) mass is 262 g/mol. The Morgan fingerprint density at radius 3 is 2.32 bits per heavy atom. The minimum atomic E-state index is 0.598. The first-order valence-electron chi connectivity index (χ1n) is 7.88. The molecule has 1 atom stereocenters. The molecule has 0 aromatic heterocycles. The summed E-state index contributed by atoms with van der Waals surface area (Å²) in [5.41, 5.74) is 2.76. The second kappa shape index (κ2) is 10.0. The Kier molecular flexibility index (Phi) is 8.57. The molecule has 0 saturated heterocycles. The summed E-state index contributed by atoms with van der Waals surface area (Å²) in [7, 11) is 0. The molecule has 0 fully saturated rings. The van der Waals surface area contributed by atoms with Gasteiger partial charge in [-0.05, 0) is 31.2 Å². The topological polar surface area (TPSA) is 9.23 Å². The lowest BCUT2D eigenvalue weighted by Crippen LogP contribution is -2.02. The SMILES string of the molecule is CCCCCCCOCCC(C)c1ccc(C)cc1. The molecule has 0 spiro atoms. The summed E-state index contributed by atoms with van der Waals surface area (Å²) in [6, 6.07) is 8.87. The lowest BCUT2D eigenvalue weighted by atomic mass is 9.97. The molecule has 1 unspecified atom stereocenters. The van der Waals surface area contributed by atoms with Crippen LogP contribution in [0.1, 0.15) is 69.4 Å². The van der Waals surface area contributed by atoms with Gasteiger partial charge < -0.3 is 4.74 Å². The molecule has 0 N–H and O–H groups in total. The molecule has 108 valence electrons. The molecule has 0 radical (unpaired) electrons. The van der Waals surface area contributed by atoms with Crippen molar-refractivity contribution < 1.29 is 4.74 Å². The summed E-state index contributed by atoms with van der Waals surface area (Å²) < 4.78 is 5.73. The Bertz CT molecular complexity index is 315. The van der Waals surface area contributed by atoms with E-state index in [0.717, 1.165) is 19.6 Å². The number of hydrogen-bond acceptors (Lipinski definition) is 1. The Hall–Kier alpha value is -0.820. The quantitative estimate of drug-likeness (QED) is 0.508. The van der Waals surface area contributed by atoms with Gasteiger partial charge >= 0.3 is 0 Å². The van der Waals surface area contributed by atoms with Gasteiger partial charge in [-0.2, -0.15) is 0 Å². The van der Waals surface area contributed by atoms with E-state index >= 15 is 0 Å². The number of benzene rings is 1. The molecule has 0 aliphatic heterocycles. The maximum atomic E-state index is 5.73. The van der Waals surface area contributed by atoms with Gasteiger partial charge in [0, 0.05) is 13.2 Å².